The molecule has 1 aromatic carbocycles. The number of Topliss-reactive ketones (excluding diaryl/α,β-unsaturated/α-hetero) is 1. The summed E-state index contributed by atoms with van der Waals surface area (Å²) in [6.07, 6.45) is 0. The molecule has 0 N–H and O–H groups in total. The Balaban J connectivity index is 3.64. The molecule has 0 heterocycles. The number of benzene rings is 1. The normalized spacial score (nSPS) is 10.1. The second kappa shape index (κ2) is 3.85. The molecule has 0 fully saturated rings. The van der Waals surface area contributed by atoms with Gasteiger partial charge in [-0.2, -0.15) is 0 Å². The van der Waals surface area contributed by atoms with Gasteiger partial charge in [0.2, 0.25) is 0 Å². The van der Waals surface area contributed by atoms with Crippen molar-refractivity contribution in [3.63, 3.8) is 0 Å². The van der Waals surface area contributed by atoms with Gasteiger partial charge in [0, 0.05) is 11.1 Å². The highest BCUT2D eigenvalue weighted by Crippen LogP contribution is 2.22. The van der Waals surface area contributed by atoms with E-state index in [1.165, 1.54) is 6.92 Å². The molecule has 0 aromatic heterocycles. The molecule has 15 heavy (non-hydrogen) atoms. The number of aromatic carboxylic acids is 1. The van der Waals surface area contributed by atoms with Gasteiger partial charge in [0.15, 0.2) is 5.78 Å². The van der Waals surface area contributed by atoms with E-state index in [2.05, 4.69) is 0 Å². The minimum atomic E-state index is -1.23. The van der Waals surface area contributed by atoms with Crippen molar-refractivity contribution in [2.45, 2.75) is 27.7 Å². The van der Waals surface area contributed by atoms with Crippen LogP contribution in [0.15, 0.2) is 6.07 Å². The van der Waals surface area contributed by atoms with Gasteiger partial charge in [-0.25, -0.2) is 0 Å². The highest BCUT2D eigenvalue weighted by Gasteiger charge is 2.14. The molecule has 0 aliphatic carbocycles. The quantitative estimate of drug-likeness (QED) is 0.681. The first-order valence-corrected chi connectivity index (χ1v) is 4.69. The van der Waals surface area contributed by atoms with Crippen molar-refractivity contribution in [2.24, 2.45) is 0 Å². The van der Waals surface area contributed by atoms with Crippen molar-refractivity contribution in [1.82, 2.24) is 0 Å². The molecule has 0 bridgehead atoms. The van der Waals surface area contributed by atoms with Crippen LogP contribution in [0.25, 0.3) is 0 Å². The Bertz CT molecular complexity index is 406. The van der Waals surface area contributed by atoms with Crippen molar-refractivity contribution < 1.29 is 14.7 Å². The minimum absolute atomic E-state index is 0.118. The molecule has 0 spiro atoms. The number of carbonyl (C=O) groups is 2. The summed E-state index contributed by atoms with van der Waals surface area (Å²) in [7, 11) is 0. The third-order valence-electron chi connectivity index (χ3n) is 2.53. The van der Waals surface area contributed by atoms with Gasteiger partial charge in [0.05, 0.1) is 5.97 Å². The van der Waals surface area contributed by atoms with Crippen LogP contribution in [0.2, 0.25) is 0 Å². The van der Waals surface area contributed by atoms with Crippen LogP contribution in [0.1, 0.15) is 44.3 Å². The Labute approximate surface area is 88.7 Å². The van der Waals surface area contributed by atoms with Gasteiger partial charge in [0.25, 0.3) is 0 Å². The maximum absolute atomic E-state index is 11.4. The van der Waals surface area contributed by atoms with Crippen molar-refractivity contribution in [3.05, 3.63) is 33.9 Å². The summed E-state index contributed by atoms with van der Waals surface area (Å²) in [6.45, 7) is 6.58. The number of hydrogen-bond acceptors (Lipinski definition) is 3. The lowest BCUT2D eigenvalue weighted by atomic mass is 9.92. The lowest BCUT2D eigenvalue weighted by Gasteiger charge is -2.16. The summed E-state index contributed by atoms with van der Waals surface area (Å²) >= 11 is 0. The molecule has 0 radical (unpaired) electrons. The Kier molecular flexibility index (Phi) is 2.93. The average molecular weight is 205 g/mol. The summed E-state index contributed by atoms with van der Waals surface area (Å²) in [5.41, 5.74) is 2.56. The number of hydrogen-bond donors (Lipinski definition) is 0. The van der Waals surface area contributed by atoms with E-state index < -0.39 is 5.97 Å². The second-order valence-electron chi connectivity index (χ2n) is 3.73. The third kappa shape index (κ3) is 1.91. The first kappa shape index (κ1) is 11.4. The highest BCUT2D eigenvalue weighted by molar-refractivity contribution is 6.01. The van der Waals surface area contributed by atoms with Crippen LogP contribution in [0, 0.1) is 20.8 Å². The van der Waals surface area contributed by atoms with E-state index in [4.69, 9.17) is 0 Å². The Hall–Kier alpha value is -1.64. The molecular formula is C12H13O3-. The van der Waals surface area contributed by atoms with Gasteiger partial charge in [0.1, 0.15) is 0 Å². The second-order valence-corrected chi connectivity index (χ2v) is 3.73. The third-order valence-corrected chi connectivity index (χ3v) is 2.53. The van der Waals surface area contributed by atoms with E-state index in [-0.39, 0.29) is 11.3 Å². The van der Waals surface area contributed by atoms with E-state index in [1.807, 2.05) is 0 Å². The lowest BCUT2D eigenvalue weighted by molar-refractivity contribution is -0.255. The number of rotatable bonds is 2. The Morgan fingerprint density at radius 1 is 1.07 bits per heavy atom. The predicted molar refractivity (Wildman–Crippen MR) is 55.0 cm³/mol. The van der Waals surface area contributed by atoms with Gasteiger partial charge in [-0.05, 0) is 44.4 Å². The molecule has 1 aromatic rings. The SMILES string of the molecule is CC(=O)c1c(C)cc(C)c(C(=O)[O-])c1C. The molecule has 0 aliphatic rings. The van der Waals surface area contributed by atoms with Crippen LogP contribution in [-0.2, 0) is 0 Å². The van der Waals surface area contributed by atoms with Crippen molar-refractivity contribution >= 4 is 11.8 Å². The highest BCUT2D eigenvalue weighted by atomic mass is 16.4. The fourth-order valence-electron chi connectivity index (χ4n) is 2.04. The number of aryl methyl sites for hydroxylation is 2. The molecule has 0 amide bonds. The van der Waals surface area contributed by atoms with E-state index >= 15 is 0 Å². The molecule has 3 heteroatoms. The molecule has 0 unspecified atom stereocenters. The zero-order valence-electron chi connectivity index (χ0n) is 9.30. The predicted octanol–water partition coefficient (Wildman–Crippen LogP) is 1.18. The summed E-state index contributed by atoms with van der Waals surface area (Å²) in [5, 5.41) is 10.9. The fourth-order valence-corrected chi connectivity index (χ4v) is 2.04. The summed E-state index contributed by atoms with van der Waals surface area (Å²) in [4.78, 5) is 22.3. The van der Waals surface area contributed by atoms with Gasteiger partial charge in [-0.15, -0.1) is 0 Å². The molecular weight excluding hydrogens is 192 g/mol. The van der Waals surface area contributed by atoms with E-state index in [1.54, 1.807) is 26.8 Å². The Morgan fingerprint density at radius 3 is 1.93 bits per heavy atom. The first-order chi connectivity index (χ1) is 6.86. The molecule has 1 rings (SSSR count). The monoisotopic (exact) mass is 205 g/mol. The van der Waals surface area contributed by atoms with E-state index in [0.717, 1.165) is 5.56 Å². The fraction of sp³-hybridized carbons (Fsp3) is 0.333. The molecule has 3 nitrogen and oxygen atoms in total. The van der Waals surface area contributed by atoms with Gasteiger partial charge in [-0.1, -0.05) is 6.07 Å². The number of carboxylic acid groups (broad SMARTS) is 1. The van der Waals surface area contributed by atoms with Crippen molar-refractivity contribution in [2.75, 3.05) is 0 Å². The summed E-state index contributed by atoms with van der Waals surface area (Å²) in [6, 6.07) is 1.70. The Morgan fingerprint density at radius 2 is 1.53 bits per heavy atom. The molecule has 0 saturated carbocycles. The van der Waals surface area contributed by atoms with Crippen LogP contribution in [0.4, 0.5) is 0 Å². The largest absolute Gasteiger partial charge is 0.545 e. The molecule has 0 atom stereocenters. The van der Waals surface area contributed by atoms with Crippen LogP contribution in [0.5, 0.6) is 0 Å². The van der Waals surface area contributed by atoms with Crippen LogP contribution < -0.4 is 5.11 Å². The topological polar surface area (TPSA) is 57.2 Å². The van der Waals surface area contributed by atoms with Crippen LogP contribution >= 0.6 is 0 Å². The summed E-state index contributed by atoms with van der Waals surface area (Å²) < 4.78 is 0. The maximum atomic E-state index is 11.4. The number of carboxylic acids is 1. The van der Waals surface area contributed by atoms with Gasteiger partial charge in [-0.3, -0.25) is 4.79 Å². The zero-order chi connectivity index (χ0) is 11.7. The smallest absolute Gasteiger partial charge is 0.160 e. The number of ketones is 1. The maximum Gasteiger partial charge on any atom is 0.160 e. The van der Waals surface area contributed by atoms with Gasteiger partial charge >= 0.3 is 0 Å². The van der Waals surface area contributed by atoms with Crippen molar-refractivity contribution in [3.8, 4) is 0 Å². The summed E-state index contributed by atoms with van der Waals surface area (Å²) in [5.74, 6) is -1.35. The van der Waals surface area contributed by atoms with Crippen LogP contribution in [-0.4, -0.2) is 11.8 Å². The standard InChI is InChI=1S/C12H14O3/c1-6-5-7(2)11(12(14)15)8(3)10(6)9(4)13/h5H,1-4H3,(H,14,15)/p-1. The van der Waals surface area contributed by atoms with Crippen molar-refractivity contribution in [1.29, 1.82) is 0 Å². The number of carbonyl (C=O) groups excluding carboxylic acids is 2. The van der Waals surface area contributed by atoms with E-state index in [0.29, 0.717) is 16.7 Å². The molecule has 0 saturated heterocycles. The average Bonchev–Trinajstić information content (AvgIpc) is 1.99. The molecule has 0 aliphatic heterocycles. The van der Waals surface area contributed by atoms with E-state index in [9.17, 15) is 14.7 Å². The first-order valence-electron chi connectivity index (χ1n) is 4.69. The molecule has 80 valence electrons. The zero-order valence-corrected chi connectivity index (χ0v) is 9.30. The lowest BCUT2D eigenvalue weighted by Crippen LogP contribution is -2.25. The minimum Gasteiger partial charge on any atom is -0.545 e. The van der Waals surface area contributed by atoms with Gasteiger partial charge < -0.3 is 9.90 Å². The van der Waals surface area contributed by atoms with Crippen LogP contribution in [0.3, 0.4) is 0 Å².